The quantitative estimate of drug-likeness (QED) is 0.215. The van der Waals surface area contributed by atoms with Crippen molar-refractivity contribution in [1.29, 1.82) is 0 Å². The Morgan fingerprint density at radius 3 is 2.37 bits per heavy atom. The standard InChI is InChI=1S/C29H21BrN2O3/c30-22-14-10-19(11-15-22)25-18-26-24-8-4-5-9-27(24)35-28(32(26)31-25)20-12-16-23(17-13-20)34-29(33)21-6-2-1-3-7-21/h1-17,26,28H,18H2. The molecule has 2 aliphatic rings. The fraction of sp³-hybridized carbons (Fsp3) is 0.103. The molecule has 0 aliphatic carbocycles. The van der Waals surface area contributed by atoms with Crippen molar-refractivity contribution in [3.05, 3.63) is 130 Å². The maximum absolute atomic E-state index is 12.4. The van der Waals surface area contributed by atoms with Crippen molar-refractivity contribution >= 4 is 27.6 Å². The van der Waals surface area contributed by atoms with Crippen molar-refractivity contribution in [2.45, 2.75) is 18.7 Å². The lowest BCUT2D eigenvalue weighted by molar-refractivity contribution is -0.0190. The highest BCUT2D eigenvalue weighted by molar-refractivity contribution is 9.10. The van der Waals surface area contributed by atoms with Gasteiger partial charge in [0.05, 0.1) is 17.3 Å². The van der Waals surface area contributed by atoms with E-state index in [4.69, 9.17) is 14.6 Å². The summed E-state index contributed by atoms with van der Waals surface area (Å²) in [6, 6.07) is 32.9. The number of benzene rings is 4. The molecule has 2 aliphatic heterocycles. The molecule has 0 spiro atoms. The van der Waals surface area contributed by atoms with Crippen molar-refractivity contribution in [2.75, 3.05) is 0 Å². The number of ether oxygens (including phenoxy) is 2. The summed E-state index contributed by atoms with van der Waals surface area (Å²) in [7, 11) is 0. The fourth-order valence-electron chi connectivity index (χ4n) is 4.51. The van der Waals surface area contributed by atoms with Gasteiger partial charge in [-0.15, -0.1) is 0 Å². The minimum absolute atomic E-state index is 0.0826. The SMILES string of the molecule is O=C(Oc1ccc(C2Oc3ccccc3C3CC(c4ccc(Br)cc4)=NN32)cc1)c1ccccc1. The third-order valence-electron chi connectivity index (χ3n) is 6.26. The lowest BCUT2D eigenvalue weighted by Crippen LogP contribution is -2.33. The van der Waals surface area contributed by atoms with Gasteiger partial charge in [-0.3, -0.25) is 0 Å². The van der Waals surface area contributed by atoms with Gasteiger partial charge in [0.25, 0.3) is 0 Å². The molecule has 0 amide bonds. The molecule has 6 heteroatoms. The molecular formula is C29H21BrN2O3. The minimum atomic E-state index is -0.387. The number of carbonyl (C=O) groups excluding carboxylic acids is 1. The molecule has 0 aromatic heterocycles. The van der Waals surface area contributed by atoms with Gasteiger partial charge in [-0.2, -0.15) is 5.10 Å². The van der Waals surface area contributed by atoms with E-state index in [0.717, 1.165) is 39.0 Å². The first-order valence-electron chi connectivity index (χ1n) is 11.4. The number of fused-ring (bicyclic) bond motifs is 3. The van der Waals surface area contributed by atoms with E-state index >= 15 is 0 Å². The lowest BCUT2D eigenvalue weighted by atomic mass is 9.96. The van der Waals surface area contributed by atoms with Crippen LogP contribution in [0.2, 0.25) is 0 Å². The van der Waals surface area contributed by atoms with Crippen LogP contribution in [0.4, 0.5) is 0 Å². The Labute approximate surface area is 211 Å². The zero-order valence-electron chi connectivity index (χ0n) is 18.7. The Bertz CT molecular complexity index is 1400. The molecule has 4 aromatic carbocycles. The molecule has 0 fully saturated rings. The van der Waals surface area contributed by atoms with E-state index < -0.39 is 0 Å². The fourth-order valence-corrected chi connectivity index (χ4v) is 4.78. The third-order valence-corrected chi connectivity index (χ3v) is 6.79. The summed E-state index contributed by atoms with van der Waals surface area (Å²) >= 11 is 3.51. The average molecular weight is 525 g/mol. The average Bonchev–Trinajstić information content (AvgIpc) is 3.35. The topological polar surface area (TPSA) is 51.1 Å². The number of nitrogens with zero attached hydrogens (tertiary/aromatic N) is 2. The van der Waals surface area contributed by atoms with Gasteiger partial charge in [-0.1, -0.05) is 64.5 Å². The van der Waals surface area contributed by atoms with Crippen LogP contribution in [-0.4, -0.2) is 16.7 Å². The van der Waals surface area contributed by atoms with E-state index in [1.165, 1.54) is 0 Å². The number of hydrogen-bond donors (Lipinski definition) is 0. The molecule has 172 valence electrons. The van der Waals surface area contributed by atoms with E-state index in [1.54, 1.807) is 24.3 Å². The predicted molar refractivity (Wildman–Crippen MR) is 138 cm³/mol. The highest BCUT2D eigenvalue weighted by atomic mass is 79.9. The summed E-state index contributed by atoms with van der Waals surface area (Å²) in [4.78, 5) is 12.4. The van der Waals surface area contributed by atoms with E-state index in [9.17, 15) is 4.79 Å². The van der Waals surface area contributed by atoms with Gasteiger partial charge in [-0.25, -0.2) is 9.80 Å². The molecule has 2 heterocycles. The summed E-state index contributed by atoms with van der Waals surface area (Å²) in [5.41, 5.74) is 4.71. The van der Waals surface area contributed by atoms with Crippen LogP contribution in [0.15, 0.2) is 113 Å². The van der Waals surface area contributed by atoms with Gasteiger partial charge in [0, 0.05) is 22.0 Å². The molecule has 0 radical (unpaired) electrons. The largest absolute Gasteiger partial charge is 0.464 e. The normalized spacial score (nSPS) is 18.2. The van der Waals surface area contributed by atoms with Gasteiger partial charge in [0.1, 0.15) is 11.5 Å². The first kappa shape index (κ1) is 21.6. The van der Waals surface area contributed by atoms with Gasteiger partial charge >= 0.3 is 5.97 Å². The lowest BCUT2D eigenvalue weighted by Gasteiger charge is -2.38. The molecule has 0 saturated heterocycles. The van der Waals surface area contributed by atoms with Crippen LogP contribution in [0.25, 0.3) is 0 Å². The minimum Gasteiger partial charge on any atom is -0.464 e. The maximum Gasteiger partial charge on any atom is 0.343 e. The van der Waals surface area contributed by atoms with E-state index in [2.05, 4.69) is 34.1 Å². The van der Waals surface area contributed by atoms with Crippen molar-refractivity contribution in [1.82, 2.24) is 5.01 Å². The zero-order valence-corrected chi connectivity index (χ0v) is 20.3. The van der Waals surface area contributed by atoms with Crippen LogP contribution >= 0.6 is 15.9 Å². The van der Waals surface area contributed by atoms with Crippen molar-refractivity contribution in [3.8, 4) is 11.5 Å². The second-order valence-electron chi connectivity index (χ2n) is 8.49. The molecule has 0 N–H and O–H groups in total. The van der Waals surface area contributed by atoms with E-state index in [-0.39, 0.29) is 18.2 Å². The van der Waals surface area contributed by atoms with E-state index in [0.29, 0.717) is 11.3 Å². The summed E-state index contributed by atoms with van der Waals surface area (Å²) in [5.74, 6) is 0.964. The number of halogens is 1. The molecule has 6 rings (SSSR count). The molecular weight excluding hydrogens is 504 g/mol. The zero-order chi connectivity index (χ0) is 23.8. The van der Waals surface area contributed by atoms with Crippen molar-refractivity contribution in [3.63, 3.8) is 0 Å². The maximum atomic E-state index is 12.4. The van der Waals surface area contributed by atoms with Crippen molar-refractivity contribution < 1.29 is 14.3 Å². The van der Waals surface area contributed by atoms with Gasteiger partial charge in [0.2, 0.25) is 6.23 Å². The second kappa shape index (κ2) is 9.04. The first-order valence-corrected chi connectivity index (χ1v) is 12.2. The summed E-state index contributed by atoms with van der Waals surface area (Å²) in [6.45, 7) is 0. The third kappa shape index (κ3) is 4.21. The molecule has 4 aromatic rings. The molecule has 2 unspecified atom stereocenters. The van der Waals surface area contributed by atoms with Crippen LogP contribution in [0, 0.1) is 0 Å². The Kier molecular flexibility index (Phi) is 5.58. The van der Waals surface area contributed by atoms with Crippen LogP contribution < -0.4 is 9.47 Å². The summed E-state index contributed by atoms with van der Waals surface area (Å²) in [5, 5.41) is 7.05. The van der Waals surface area contributed by atoms with Gasteiger partial charge < -0.3 is 9.47 Å². The first-order chi connectivity index (χ1) is 17.2. The molecule has 0 bridgehead atoms. The number of carbonyl (C=O) groups is 1. The highest BCUT2D eigenvalue weighted by Gasteiger charge is 2.40. The highest BCUT2D eigenvalue weighted by Crippen LogP contribution is 2.47. The molecule has 5 nitrogen and oxygen atoms in total. The Balaban J connectivity index is 1.29. The van der Waals surface area contributed by atoms with Crippen molar-refractivity contribution in [2.24, 2.45) is 5.10 Å². The van der Waals surface area contributed by atoms with Crippen LogP contribution in [0.1, 0.15) is 45.7 Å². The van der Waals surface area contributed by atoms with Crippen LogP contribution in [-0.2, 0) is 0 Å². The number of hydrazone groups is 1. The second-order valence-corrected chi connectivity index (χ2v) is 9.40. The predicted octanol–water partition coefficient (Wildman–Crippen LogP) is 6.91. The number of rotatable bonds is 4. The Hall–Kier alpha value is -3.90. The van der Waals surface area contributed by atoms with E-state index in [1.807, 2.05) is 65.7 Å². The number of esters is 1. The monoisotopic (exact) mass is 524 g/mol. The van der Waals surface area contributed by atoms with Gasteiger partial charge in [0.15, 0.2) is 0 Å². The smallest absolute Gasteiger partial charge is 0.343 e. The molecule has 0 saturated carbocycles. The van der Waals surface area contributed by atoms with Crippen LogP contribution in [0.3, 0.4) is 0 Å². The summed E-state index contributed by atoms with van der Waals surface area (Å²) < 4.78 is 13.0. The number of para-hydroxylation sites is 1. The van der Waals surface area contributed by atoms with Gasteiger partial charge in [-0.05, 0) is 60.2 Å². The Morgan fingerprint density at radius 2 is 1.60 bits per heavy atom. The molecule has 35 heavy (non-hydrogen) atoms. The van der Waals surface area contributed by atoms with Crippen LogP contribution in [0.5, 0.6) is 11.5 Å². The Morgan fingerprint density at radius 1 is 0.886 bits per heavy atom. The summed E-state index contributed by atoms with van der Waals surface area (Å²) in [6.07, 6.45) is 0.410. The number of hydrogen-bond acceptors (Lipinski definition) is 5. The molecule has 2 atom stereocenters.